The van der Waals surface area contributed by atoms with Crippen LogP contribution in [0.15, 0.2) is 24.3 Å². The lowest BCUT2D eigenvalue weighted by molar-refractivity contribution is 0.260. The van der Waals surface area contributed by atoms with Crippen molar-refractivity contribution < 1.29 is 13.5 Å². The Morgan fingerprint density at radius 1 is 1.35 bits per heavy atom. The van der Waals surface area contributed by atoms with E-state index in [-0.39, 0.29) is 13.2 Å². The summed E-state index contributed by atoms with van der Waals surface area (Å²) in [7, 11) is -3.45. The summed E-state index contributed by atoms with van der Waals surface area (Å²) in [6.07, 6.45) is 0. The Morgan fingerprint density at radius 2 is 2.12 bits per heavy atom. The van der Waals surface area contributed by atoms with Crippen LogP contribution in [0, 0.1) is 6.92 Å². The highest BCUT2D eigenvalue weighted by molar-refractivity contribution is 7.90. The quantitative estimate of drug-likeness (QED) is 0.849. The van der Waals surface area contributed by atoms with Crippen molar-refractivity contribution in [2.45, 2.75) is 6.92 Å². The van der Waals surface area contributed by atoms with Gasteiger partial charge in [-0.3, -0.25) is 4.31 Å². The third-order valence-electron chi connectivity index (χ3n) is 2.80. The van der Waals surface area contributed by atoms with Crippen molar-refractivity contribution in [2.75, 3.05) is 30.5 Å². The van der Waals surface area contributed by atoms with E-state index in [4.69, 9.17) is 5.11 Å². The minimum Gasteiger partial charge on any atom is -0.395 e. The van der Waals surface area contributed by atoms with Gasteiger partial charge in [0, 0.05) is 19.6 Å². The van der Waals surface area contributed by atoms with Gasteiger partial charge in [0.25, 0.3) is 0 Å². The Bertz CT molecular complexity index is 501. The van der Waals surface area contributed by atoms with Crippen LogP contribution in [0.1, 0.15) is 5.56 Å². The van der Waals surface area contributed by atoms with Crippen molar-refractivity contribution >= 4 is 15.9 Å². The fourth-order valence-corrected chi connectivity index (χ4v) is 3.55. The van der Waals surface area contributed by atoms with Crippen molar-refractivity contribution in [2.24, 2.45) is 0 Å². The summed E-state index contributed by atoms with van der Waals surface area (Å²) < 4.78 is 27.0. The maximum atomic E-state index is 12.1. The van der Waals surface area contributed by atoms with Crippen LogP contribution in [0.25, 0.3) is 0 Å². The number of rotatable bonds is 3. The first-order chi connectivity index (χ1) is 8.05. The van der Waals surface area contributed by atoms with Gasteiger partial charge in [-0.1, -0.05) is 12.1 Å². The molecule has 1 aromatic rings. The van der Waals surface area contributed by atoms with Crippen LogP contribution < -0.4 is 4.31 Å². The van der Waals surface area contributed by atoms with E-state index >= 15 is 0 Å². The van der Waals surface area contributed by atoms with Gasteiger partial charge in [-0.2, -0.15) is 12.7 Å². The molecule has 17 heavy (non-hydrogen) atoms. The number of aliphatic hydroxyl groups is 1. The SMILES string of the molecule is Cc1cccc(N2CCN(CCO)S2(=O)=O)c1. The number of benzene rings is 1. The van der Waals surface area contributed by atoms with Crippen LogP contribution in [-0.2, 0) is 10.2 Å². The molecule has 0 unspecified atom stereocenters. The summed E-state index contributed by atoms with van der Waals surface area (Å²) in [6, 6.07) is 7.40. The van der Waals surface area contributed by atoms with Gasteiger partial charge in [-0.15, -0.1) is 0 Å². The maximum Gasteiger partial charge on any atom is 0.304 e. The lowest BCUT2D eigenvalue weighted by Gasteiger charge is -2.19. The van der Waals surface area contributed by atoms with Gasteiger partial charge in [-0.05, 0) is 24.6 Å². The largest absolute Gasteiger partial charge is 0.395 e. The molecule has 0 atom stereocenters. The third-order valence-corrected chi connectivity index (χ3v) is 4.76. The summed E-state index contributed by atoms with van der Waals surface area (Å²) in [5.41, 5.74) is 1.71. The van der Waals surface area contributed by atoms with Gasteiger partial charge in [0.1, 0.15) is 0 Å². The molecule has 0 radical (unpaired) electrons. The summed E-state index contributed by atoms with van der Waals surface area (Å²) in [5.74, 6) is 0. The molecule has 6 heteroatoms. The standard InChI is InChI=1S/C11H16N2O3S/c1-10-3-2-4-11(9-10)13-6-5-12(7-8-14)17(13,15)16/h2-4,9,14H,5-8H2,1H3. The number of aryl methyl sites for hydroxylation is 1. The molecule has 1 saturated heterocycles. The summed E-state index contributed by atoms with van der Waals surface area (Å²) >= 11 is 0. The zero-order valence-corrected chi connectivity index (χ0v) is 10.5. The molecular weight excluding hydrogens is 240 g/mol. The molecule has 1 N–H and O–H groups in total. The third kappa shape index (κ3) is 2.29. The van der Waals surface area contributed by atoms with E-state index in [1.165, 1.54) is 8.61 Å². The first kappa shape index (κ1) is 12.3. The van der Waals surface area contributed by atoms with Gasteiger partial charge in [0.05, 0.1) is 12.3 Å². The van der Waals surface area contributed by atoms with Crippen LogP contribution >= 0.6 is 0 Å². The highest BCUT2D eigenvalue weighted by Crippen LogP contribution is 2.25. The Kier molecular flexibility index (Phi) is 3.37. The summed E-state index contributed by atoms with van der Waals surface area (Å²) in [6.45, 7) is 2.80. The second-order valence-corrected chi connectivity index (χ2v) is 5.89. The number of aliphatic hydroxyl groups excluding tert-OH is 1. The van der Waals surface area contributed by atoms with E-state index in [1.807, 2.05) is 25.1 Å². The van der Waals surface area contributed by atoms with Crippen molar-refractivity contribution in [3.63, 3.8) is 0 Å². The van der Waals surface area contributed by atoms with E-state index in [1.54, 1.807) is 6.07 Å². The zero-order valence-electron chi connectivity index (χ0n) is 9.70. The molecular formula is C11H16N2O3S. The second-order valence-electron chi connectivity index (χ2n) is 4.04. The predicted octanol–water partition coefficient (Wildman–Crippen LogP) is 0.354. The molecule has 0 aromatic heterocycles. The molecule has 0 bridgehead atoms. The molecule has 1 aliphatic rings. The van der Waals surface area contributed by atoms with Gasteiger partial charge in [0.15, 0.2) is 0 Å². The van der Waals surface area contributed by atoms with Crippen molar-refractivity contribution in [3.05, 3.63) is 29.8 Å². The Labute approximate surface area is 101 Å². The molecule has 5 nitrogen and oxygen atoms in total. The van der Waals surface area contributed by atoms with Crippen LogP contribution in [0.3, 0.4) is 0 Å². The molecule has 1 aromatic carbocycles. The zero-order chi connectivity index (χ0) is 12.5. The van der Waals surface area contributed by atoms with Crippen molar-refractivity contribution in [3.8, 4) is 0 Å². The smallest absolute Gasteiger partial charge is 0.304 e. The summed E-state index contributed by atoms with van der Waals surface area (Å²) in [5, 5.41) is 8.84. The van der Waals surface area contributed by atoms with Gasteiger partial charge in [0.2, 0.25) is 0 Å². The average Bonchev–Trinajstić information content (AvgIpc) is 2.55. The van der Waals surface area contributed by atoms with E-state index in [0.29, 0.717) is 18.8 Å². The monoisotopic (exact) mass is 256 g/mol. The van der Waals surface area contributed by atoms with Crippen molar-refractivity contribution in [1.29, 1.82) is 0 Å². The predicted molar refractivity (Wildman–Crippen MR) is 66.1 cm³/mol. The fourth-order valence-electron chi connectivity index (χ4n) is 1.96. The Hall–Kier alpha value is -1.11. The van der Waals surface area contributed by atoms with Gasteiger partial charge in [-0.25, -0.2) is 0 Å². The van der Waals surface area contributed by atoms with E-state index in [9.17, 15) is 8.42 Å². The van der Waals surface area contributed by atoms with Gasteiger partial charge >= 0.3 is 10.2 Å². The molecule has 0 amide bonds. The molecule has 2 rings (SSSR count). The highest BCUT2D eigenvalue weighted by atomic mass is 32.2. The summed E-state index contributed by atoms with van der Waals surface area (Å²) in [4.78, 5) is 0. The lowest BCUT2D eigenvalue weighted by Crippen LogP contribution is -2.34. The normalized spacial score (nSPS) is 19.8. The van der Waals surface area contributed by atoms with E-state index < -0.39 is 10.2 Å². The number of hydrogen-bond donors (Lipinski definition) is 1. The van der Waals surface area contributed by atoms with E-state index in [0.717, 1.165) is 5.56 Å². The van der Waals surface area contributed by atoms with Crippen LogP contribution in [0.5, 0.6) is 0 Å². The fraction of sp³-hybridized carbons (Fsp3) is 0.455. The topological polar surface area (TPSA) is 60.9 Å². The molecule has 1 fully saturated rings. The minimum atomic E-state index is -3.45. The molecule has 0 aliphatic carbocycles. The molecule has 1 heterocycles. The van der Waals surface area contributed by atoms with E-state index in [2.05, 4.69) is 0 Å². The molecule has 0 spiro atoms. The Balaban J connectivity index is 2.30. The number of hydrogen-bond acceptors (Lipinski definition) is 3. The minimum absolute atomic E-state index is 0.152. The number of β-amino-alcohol motifs (C(OH)–C–C–N with tert-alkyl or cyclic N) is 1. The molecule has 94 valence electrons. The second kappa shape index (κ2) is 4.64. The Morgan fingerprint density at radius 3 is 2.76 bits per heavy atom. The van der Waals surface area contributed by atoms with Crippen LogP contribution in [0.4, 0.5) is 5.69 Å². The van der Waals surface area contributed by atoms with Gasteiger partial charge < -0.3 is 5.11 Å². The number of nitrogens with zero attached hydrogens (tertiary/aromatic N) is 2. The van der Waals surface area contributed by atoms with Crippen LogP contribution in [-0.4, -0.2) is 44.1 Å². The maximum absolute atomic E-state index is 12.1. The van der Waals surface area contributed by atoms with Crippen LogP contribution in [0.2, 0.25) is 0 Å². The molecule has 1 aliphatic heterocycles. The first-order valence-corrected chi connectivity index (χ1v) is 6.91. The number of anilines is 1. The van der Waals surface area contributed by atoms with Crippen molar-refractivity contribution in [1.82, 2.24) is 4.31 Å². The average molecular weight is 256 g/mol. The first-order valence-electron chi connectivity index (χ1n) is 5.51. The highest BCUT2D eigenvalue weighted by Gasteiger charge is 2.36. The molecule has 0 saturated carbocycles. The lowest BCUT2D eigenvalue weighted by atomic mass is 10.2.